The van der Waals surface area contributed by atoms with Gasteiger partial charge < -0.3 is 9.67 Å². The summed E-state index contributed by atoms with van der Waals surface area (Å²) in [7, 11) is 0. The Hall–Kier alpha value is -2.36. The molecular weight excluding hydrogens is 278 g/mol. The third kappa shape index (κ3) is 3.85. The van der Waals surface area contributed by atoms with Gasteiger partial charge in [-0.1, -0.05) is 56.2 Å². The third-order valence-corrected chi connectivity index (χ3v) is 3.65. The first-order valence-corrected chi connectivity index (χ1v) is 7.63. The lowest BCUT2D eigenvalue weighted by Gasteiger charge is -2.14. The number of benzene rings is 1. The molecule has 116 valence electrons. The molecule has 0 aliphatic rings. The number of carbonyl (C=O) groups is 1. The summed E-state index contributed by atoms with van der Waals surface area (Å²) in [5.41, 5.74) is 1.96. The number of aliphatic carboxylic acids is 1. The van der Waals surface area contributed by atoms with E-state index in [1.54, 1.807) is 10.6 Å². The molecular formula is C18H21NO3. The number of aromatic nitrogens is 1. The highest BCUT2D eigenvalue weighted by molar-refractivity contribution is 5.70. The second-order valence-corrected chi connectivity index (χ2v) is 5.34. The number of hydrogen-bond acceptors (Lipinski definition) is 2. The van der Waals surface area contributed by atoms with E-state index < -0.39 is 5.97 Å². The Morgan fingerprint density at radius 1 is 1.09 bits per heavy atom. The molecule has 0 unspecified atom stereocenters. The molecule has 1 heterocycles. The first-order valence-electron chi connectivity index (χ1n) is 7.63. The van der Waals surface area contributed by atoms with Crippen molar-refractivity contribution in [3.8, 4) is 11.3 Å². The van der Waals surface area contributed by atoms with Crippen LogP contribution in [-0.2, 0) is 17.8 Å². The van der Waals surface area contributed by atoms with Crippen molar-refractivity contribution >= 4 is 5.97 Å². The minimum Gasteiger partial charge on any atom is -0.481 e. The van der Waals surface area contributed by atoms with Crippen molar-refractivity contribution in [1.29, 1.82) is 0 Å². The molecule has 0 bridgehead atoms. The van der Waals surface area contributed by atoms with Gasteiger partial charge in [0.05, 0.1) is 12.1 Å². The minimum atomic E-state index is -0.982. The maximum Gasteiger partial charge on any atom is 0.308 e. The lowest BCUT2D eigenvalue weighted by atomic mass is 10.1. The Morgan fingerprint density at radius 2 is 1.82 bits per heavy atom. The lowest BCUT2D eigenvalue weighted by molar-refractivity contribution is -0.136. The van der Waals surface area contributed by atoms with Crippen LogP contribution < -0.4 is 5.56 Å². The Bertz CT molecular complexity index is 689. The number of carboxylic acid groups (broad SMARTS) is 1. The number of rotatable bonds is 7. The van der Waals surface area contributed by atoms with Crippen molar-refractivity contribution in [2.24, 2.45) is 0 Å². The SMILES string of the molecule is CCCCCn1c(-c2ccccc2)ccc(CC(=O)O)c1=O. The zero-order chi connectivity index (χ0) is 15.9. The zero-order valence-corrected chi connectivity index (χ0v) is 12.8. The average molecular weight is 299 g/mol. The van der Waals surface area contributed by atoms with E-state index in [9.17, 15) is 9.59 Å². The first kappa shape index (κ1) is 16.0. The van der Waals surface area contributed by atoms with Gasteiger partial charge in [0.1, 0.15) is 0 Å². The smallest absolute Gasteiger partial charge is 0.308 e. The highest BCUT2D eigenvalue weighted by Gasteiger charge is 2.12. The summed E-state index contributed by atoms with van der Waals surface area (Å²) in [6.45, 7) is 2.73. The van der Waals surface area contributed by atoms with Gasteiger partial charge in [0, 0.05) is 12.1 Å². The molecule has 22 heavy (non-hydrogen) atoms. The van der Waals surface area contributed by atoms with Gasteiger partial charge in [-0.2, -0.15) is 0 Å². The standard InChI is InChI=1S/C18H21NO3/c1-2-3-7-12-19-16(14-8-5-4-6-9-14)11-10-15(18(19)22)13-17(20)21/h4-6,8-11H,2-3,7,12-13H2,1H3,(H,20,21). The van der Waals surface area contributed by atoms with Crippen LogP contribution in [-0.4, -0.2) is 15.6 Å². The fourth-order valence-corrected chi connectivity index (χ4v) is 2.52. The fraction of sp³-hybridized carbons (Fsp3) is 0.333. The normalized spacial score (nSPS) is 10.6. The molecule has 4 heteroatoms. The number of pyridine rings is 1. The van der Waals surface area contributed by atoms with Crippen LogP contribution in [0.15, 0.2) is 47.3 Å². The van der Waals surface area contributed by atoms with E-state index >= 15 is 0 Å². The summed E-state index contributed by atoms with van der Waals surface area (Å²) in [4.78, 5) is 23.5. The average Bonchev–Trinajstić information content (AvgIpc) is 2.51. The van der Waals surface area contributed by atoms with Gasteiger partial charge in [0.25, 0.3) is 5.56 Å². The van der Waals surface area contributed by atoms with Crippen molar-refractivity contribution in [1.82, 2.24) is 4.57 Å². The molecule has 0 spiro atoms. The quantitative estimate of drug-likeness (QED) is 0.798. The third-order valence-electron chi connectivity index (χ3n) is 3.65. The lowest BCUT2D eigenvalue weighted by Crippen LogP contribution is -2.26. The van der Waals surface area contributed by atoms with Crippen molar-refractivity contribution in [3.63, 3.8) is 0 Å². The fourth-order valence-electron chi connectivity index (χ4n) is 2.52. The second kappa shape index (κ2) is 7.59. The molecule has 0 saturated carbocycles. The van der Waals surface area contributed by atoms with E-state index in [2.05, 4.69) is 6.92 Å². The van der Waals surface area contributed by atoms with Gasteiger partial charge >= 0.3 is 5.97 Å². The maximum absolute atomic E-state index is 12.6. The van der Waals surface area contributed by atoms with Crippen LogP contribution in [0, 0.1) is 0 Å². The summed E-state index contributed by atoms with van der Waals surface area (Å²) in [5, 5.41) is 8.93. The molecule has 0 saturated heterocycles. The summed E-state index contributed by atoms with van der Waals surface area (Å²) < 4.78 is 1.71. The number of hydrogen-bond donors (Lipinski definition) is 1. The summed E-state index contributed by atoms with van der Waals surface area (Å²) >= 11 is 0. The van der Waals surface area contributed by atoms with E-state index in [-0.39, 0.29) is 12.0 Å². The van der Waals surface area contributed by atoms with Gasteiger partial charge in [-0.3, -0.25) is 9.59 Å². The Balaban J connectivity index is 2.46. The van der Waals surface area contributed by atoms with Gasteiger partial charge in [-0.15, -0.1) is 0 Å². The molecule has 1 aromatic carbocycles. The largest absolute Gasteiger partial charge is 0.481 e. The van der Waals surface area contributed by atoms with Gasteiger partial charge in [-0.05, 0) is 18.1 Å². The molecule has 1 aromatic heterocycles. The first-order chi connectivity index (χ1) is 10.6. The highest BCUT2D eigenvalue weighted by Crippen LogP contribution is 2.18. The molecule has 0 radical (unpaired) electrons. The Kier molecular flexibility index (Phi) is 5.53. The van der Waals surface area contributed by atoms with Gasteiger partial charge in [0.2, 0.25) is 0 Å². The molecule has 2 aromatic rings. The highest BCUT2D eigenvalue weighted by atomic mass is 16.4. The monoisotopic (exact) mass is 299 g/mol. The zero-order valence-electron chi connectivity index (χ0n) is 12.8. The Labute approximate surface area is 130 Å². The van der Waals surface area contributed by atoms with Gasteiger partial charge in [-0.25, -0.2) is 0 Å². The van der Waals surface area contributed by atoms with Crippen LogP contribution in [0.5, 0.6) is 0 Å². The van der Waals surface area contributed by atoms with Crippen LogP contribution in [0.1, 0.15) is 31.7 Å². The van der Waals surface area contributed by atoms with E-state index in [1.165, 1.54) is 0 Å². The minimum absolute atomic E-state index is 0.195. The van der Waals surface area contributed by atoms with E-state index in [0.717, 1.165) is 30.5 Å². The molecule has 0 aliphatic heterocycles. The number of unbranched alkanes of at least 4 members (excludes halogenated alkanes) is 2. The molecule has 2 rings (SSSR count). The van der Waals surface area contributed by atoms with E-state index in [1.807, 2.05) is 36.4 Å². The van der Waals surface area contributed by atoms with Crippen molar-refractivity contribution < 1.29 is 9.90 Å². The van der Waals surface area contributed by atoms with Crippen molar-refractivity contribution in [2.75, 3.05) is 0 Å². The van der Waals surface area contributed by atoms with Crippen LogP contribution >= 0.6 is 0 Å². The van der Waals surface area contributed by atoms with Gasteiger partial charge in [0.15, 0.2) is 0 Å². The Morgan fingerprint density at radius 3 is 2.45 bits per heavy atom. The summed E-state index contributed by atoms with van der Waals surface area (Å²) in [6.07, 6.45) is 2.79. The van der Waals surface area contributed by atoms with Crippen molar-refractivity contribution in [3.05, 3.63) is 58.4 Å². The molecule has 4 nitrogen and oxygen atoms in total. The summed E-state index contributed by atoms with van der Waals surface area (Å²) in [6, 6.07) is 13.2. The number of carboxylic acids is 1. The number of nitrogens with zero attached hydrogens (tertiary/aromatic N) is 1. The van der Waals surface area contributed by atoms with E-state index in [0.29, 0.717) is 12.1 Å². The van der Waals surface area contributed by atoms with Crippen LogP contribution in [0.2, 0.25) is 0 Å². The van der Waals surface area contributed by atoms with E-state index in [4.69, 9.17) is 5.11 Å². The summed E-state index contributed by atoms with van der Waals surface area (Å²) in [5.74, 6) is -0.982. The van der Waals surface area contributed by atoms with Crippen LogP contribution in [0.3, 0.4) is 0 Å². The second-order valence-electron chi connectivity index (χ2n) is 5.34. The van der Waals surface area contributed by atoms with Crippen molar-refractivity contribution in [2.45, 2.75) is 39.2 Å². The maximum atomic E-state index is 12.6. The predicted octanol–water partition coefficient (Wildman–Crippen LogP) is 3.33. The molecule has 1 N–H and O–H groups in total. The molecule has 0 amide bonds. The molecule has 0 atom stereocenters. The van der Waals surface area contributed by atoms with Crippen LogP contribution in [0.4, 0.5) is 0 Å². The predicted molar refractivity (Wildman–Crippen MR) is 87.0 cm³/mol. The molecule has 0 fully saturated rings. The topological polar surface area (TPSA) is 59.3 Å². The molecule has 0 aliphatic carbocycles. The van der Waals surface area contributed by atoms with Crippen LogP contribution in [0.25, 0.3) is 11.3 Å².